The second-order valence-corrected chi connectivity index (χ2v) is 6.22. The monoisotopic (exact) mass is 360 g/mol. The third-order valence-corrected chi connectivity index (χ3v) is 4.38. The molecule has 7 heteroatoms. The Morgan fingerprint density at radius 3 is 2.65 bits per heavy atom. The van der Waals surface area contributed by atoms with E-state index in [9.17, 15) is 13.6 Å². The number of halogens is 2. The molecule has 0 N–H and O–H groups in total. The van der Waals surface area contributed by atoms with Crippen LogP contribution in [0.15, 0.2) is 48.7 Å². The van der Waals surface area contributed by atoms with E-state index in [4.69, 9.17) is 0 Å². The van der Waals surface area contributed by atoms with Crippen molar-refractivity contribution >= 4 is 12.0 Å². The largest absolute Gasteiger partial charge is 0.336 e. The molecule has 1 saturated heterocycles. The van der Waals surface area contributed by atoms with Crippen LogP contribution in [0.25, 0.3) is 6.08 Å². The minimum atomic E-state index is -2.73. The van der Waals surface area contributed by atoms with Crippen LogP contribution in [-0.2, 0) is 0 Å². The maximum Gasteiger partial charge on any atom is 0.333 e. The maximum atomic E-state index is 12.6. The van der Waals surface area contributed by atoms with E-state index >= 15 is 0 Å². The second-order valence-electron chi connectivity index (χ2n) is 6.22. The van der Waals surface area contributed by atoms with Gasteiger partial charge in [-0.3, -0.25) is 9.69 Å². The van der Waals surface area contributed by atoms with Gasteiger partial charge in [0.25, 0.3) is 5.91 Å². The van der Waals surface area contributed by atoms with Gasteiger partial charge in [-0.05, 0) is 18.1 Å². The molecule has 5 nitrogen and oxygen atoms in total. The van der Waals surface area contributed by atoms with Crippen LogP contribution < -0.4 is 0 Å². The molecule has 138 valence electrons. The van der Waals surface area contributed by atoms with Gasteiger partial charge in [0.1, 0.15) is 0 Å². The van der Waals surface area contributed by atoms with E-state index in [1.54, 1.807) is 4.90 Å². The molecule has 0 saturated carbocycles. The molecule has 0 aliphatic carbocycles. The molecule has 1 fully saturated rings. The van der Waals surface area contributed by atoms with Crippen LogP contribution >= 0.6 is 0 Å². The quantitative estimate of drug-likeness (QED) is 0.823. The number of hydrogen-bond donors (Lipinski definition) is 0. The van der Waals surface area contributed by atoms with Gasteiger partial charge >= 0.3 is 6.55 Å². The third kappa shape index (κ3) is 4.76. The van der Waals surface area contributed by atoms with Gasteiger partial charge in [-0.25, -0.2) is 4.68 Å². The molecule has 1 aromatic heterocycles. The maximum absolute atomic E-state index is 12.6. The zero-order chi connectivity index (χ0) is 18.4. The molecule has 3 rings (SSSR count). The van der Waals surface area contributed by atoms with Gasteiger partial charge in [-0.15, -0.1) is 0 Å². The Morgan fingerprint density at radius 1 is 1.12 bits per heavy atom. The molecule has 2 aromatic rings. The van der Waals surface area contributed by atoms with Crippen LogP contribution in [0.4, 0.5) is 8.78 Å². The van der Waals surface area contributed by atoms with Crippen molar-refractivity contribution in [1.82, 2.24) is 19.6 Å². The standard InChI is InChI=1S/C19H22F2N4O/c20-19(21)25-13-9-17(22-25)18(26)24-12-5-11-23(14-15-24)10-4-8-16-6-2-1-3-7-16/h1-4,6-9,13,19H,5,10-12,14-15H2. The predicted octanol–water partition coefficient (Wildman–Crippen LogP) is 3.14. The average molecular weight is 360 g/mol. The number of benzene rings is 1. The van der Waals surface area contributed by atoms with E-state index in [0.717, 1.165) is 37.8 Å². The Hall–Kier alpha value is -2.54. The molecule has 0 bridgehead atoms. The molecule has 0 spiro atoms. The number of hydrogen-bond acceptors (Lipinski definition) is 3. The number of carbonyl (C=O) groups excluding carboxylic acids is 1. The second kappa shape index (κ2) is 8.71. The van der Waals surface area contributed by atoms with Crippen LogP contribution in [0, 0.1) is 0 Å². The lowest BCUT2D eigenvalue weighted by Crippen LogP contribution is -2.35. The van der Waals surface area contributed by atoms with E-state index in [0.29, 0.717) is 17.8 Å². The zero-order valence-corrected chi connectivity index (χ0v) is 14.5. The molecule has 0 unspecified atom stereocenters. The highest BCUT2D eigenvalue weighted by atomic mass is 19.3. The van der Waals surface area contributed by atoms with Crippen LogP contribution in [0.3, 0.4) is 0 Å². The van der Waals surface area contributed by atoms with E-state index in [1.807, 2.05) is 18.2 Å². The molecule has 26 heavy (non-hydrogen) atoms. The van der Waals surface area contributed by atoms with Gasteiger partial charge in [-0.2, -0.15) is 13.9 Å². The van der Waals surface area contributed by atoms with Gasteiger partial charge in [0.05, 0.1) is 0 Å². The Bertz CT molecular complexity index is 745. The van der Waals surface area contributed by atoms with Crippen LogP contribution in [-0.4, -0.2) is 58.2 Å². The summed E-state index contributed by atoms with van der Waals surface area (Å²) < 4.78 is 25.7. The summed E-state index contributed by atoms with van der Waals surface area (Å²) in [6.07, 6.45) is 6.19. The molecule has 2 heterocycles. The fourth-order valence-corrected chi connectivity index (χ4v) is 2.98. The van der Waals surface area contributed by atoms with Gasteiger partial charge in [0, 0.05) is 38.9 Å². The first-order valence-corrected chi connectivity index (χ1v) is 8.70. The summed E-state index contributed by atoms with van der Waals surface area (Å²) in [5.41, 5.74) is 1.23. The SMILES string of the molecule is O=C(c1ccn(C(F)F)n1)N1CCCN(CC=Cc2ccccc2)CC1. The first kappa shape index (κ1) is 18.3. The van der Waals surface area contributed by atoms with Crippen LogP contribution in [0.5, 0.6) is 0 Å². The summed E-state index contributed by atoms with van der Waals surface area (Å²) in [5, 5.41) is 3.67. The first-order valence-electron chi connectivity index (χ1n) is 8.70. The smallest absolute Gasteiger partial charge is 0.333 e. The minimum absolute atomic E-state index is 0.0720. The lowest BCUT2D eigenvalue weighted by Gasteiger charge is -2.20. The molecule has 1 aromatic carbocycles. The van der Waals surface area contributed by atoms with Crippen molar-refractivity contribution in [1.29, 1.82) is 0 Å². The molecule has 0 atom stereocenters. The van der Waals surface area contributed by atoms with Gasteiger partial charge in [0.2, 0.25) is 0 Å². The Morgan fingerprint density at radius 2 is 1.92 bits per heavy atom. The summed E-state index contributed by atoms with van der Waals surface area (Å²) in [7, 11) is 0. The van der Waals surface area contributed by atoms with Gasteiger partial charge in [0.15, 0.2) is 5.69 Å². The normalized spacial score (nSPS) is 16.3. The van der Waals surface area contributed by atoms with Crippen molar-refractivity contribution in [2.24, 2.45) is 0 Å². The zero-order valence-electron chi connectivity index (χ0n) is 14.5. The Balaban J connectivity index is 1.52. The van der Waals surface area contributed by atoms with Crippen molar-refractivity contribution in [3.05, 3.63) is 59.9 Å². The Labute approximate surface area is 151 Å². The van der Waals surface area contributed by atoms with E-state index in [-0.39, 0.29) is 11.6 Å². The summed E-state index contributed by atoms with van der Waals surface area (Å²) in [6.45, 7) is 0.914. The topological polar surface area (TPSA) is 41.4 Å². The van der Waals surface area contributed by atoms with Gasteiger partial charge < -0.3 is 4.90 Å². The highest BCUT2D eigenvalue weighted by molar-refractivity contribution is 5.92. The fourth-order valence-electron chi connectivity index (χ4n) is 2.98. The van der Waals surface area contributed by atoms with Crippen LogP contribution in [0.1, 0.15) is 29.0 Å². The fraction of sp³-hybridized carbons (Fsp3) is 0.368. The lowest BCUT2D eigenvalue weighted by atomic mass is 10.2. The highest BCUT2D eigenvalue weighted by Crippen LogP contribution is 2.12. The number of carbonyl (C=O) groups is 1. The summed E-state index contributed by atoms with van der Waals surface area (Å²) in [6, 6.07) is 11.5. The molecular weight excluding hydrogens is 338 g/mol. The number of nitrogens with zero attached hydrogens (tertiary/aromatic N) is 4. The Kier molecular flexibility index (Phi) is 6.12. The molecule has 1 aliphatic heterocycles. The third-order valence-electron chi connectivity index (χ3n) is 4.38. The lowest BCUT2D eigenvalue weighted by molar-refractivity contribution is 0.0552. The highest BCUT2D eigenvalue weighted by Gasteiger charge is 2.22. The first-order chi connectivity index (χ1) is 12.6. The van der Waals surface area contributed by atoms with Gasteiger partial charge in [-0.1, -0.05) is 42.5 Å². The summed E-state index contributed by atoms with van der Waals surface area (Å²) >= 11 is 0. The predicted molar refractivity (Wildman–Crippen MR) is 95.9 cm³/mol. The van der Waals surface area contributed by atoms with Crippen LogP contribution in [0.2, 0.25) is 0 Å². The van der Waals surface area contributed by atoms with E-state index in [1.165, 1.54) is 6.07 Å². The van der Waals surface area contributed by atoms with Crippen molar-refractivity contribution in [2.45, 2.75) is 13.0 Å². The molecular formula is C19H22F2N4O. The molecule has 0 radical (unpaired) electrons. The number of rotatable bonds is 5. The molecule has 1 amide bonds. The van der Waals surface area contributed by atoms with E-state index in [2.05, 4.69) is 34.3 Å². The number of amides is 1. The number of alkyl halides is 2. The summed E-state index contributed by atoms with van der Waals surface area (Å²) in [5.74, 6) is -0.286. The minimum Gasteiger partial charge on any atom is -0.336 e. The van der Waals surface area contributed by atoms with E-state index < -0.39 is 6.55 Å². The average Bonchev–Trinajstić information content (AvgIpc) is 3.03. The van der Waals surface area contributed by atoms with Crippen molar-refractivity contribution in [3.63, 3.8) is 0 Å². The molecule has 1 aliphatic rings. The summed E-state index contributed by atoms with van der Waals surface area (Å²) in [4.78, 5) is 16.4. The van der Waals surface area contributed by atoms with Crippen molar-refractivity contribution in [3.8, 4) is 0 Å². The van der Waals surface area contributed by atoms with Crippen molar-refractivity contribution in [2.75, 3.05) is 32.7 Å². The van der Waals surface area contributed by atoms with Crippen molar-refractivity contribution < 1.29 is 13.6 Å². The number of aromatic nitrogens is 2.